The van der Waals surface area contributed by atoms with Crippen molar-refractivity contribution >= 4 is 55.6 Å². The van der Waals surface area contributed by atoms with Crippen LogP contribution < -0.4 is 10.1 Å². The summed E-state index contributed by atoms with van der Waals surface area (Å²) in [6, 6.07) is 1.67. The van der Waals surface area contributed by atoms with Crippen molar-refractivity contribution < 1.29 is 19.1 Å². The molecule has 0 aliphatic carbocycles. The highest BCUT2D eigenvalue weighted by molar-refractivity contribution is 7.17. The summed E-state index contributed by atoms with van der Waals surface area (Å²) in [5.74, 6) is -1.58. The second kappa shape index (κ2) is 12.2. The Hall–Kier alpha value is -3.63. The van der Waals surface area contributed by atoms with Gasteiger partial charge in [-0.1, -0.05) is 31.4 Å². The van der Waals surface area contributed by atoms with Crippen LogP contribution in [0.4, 0.5) is 5.13 Å². The van der Waals surface area contributed by atoms with E-state index in [1.807, 2.05) is 6.08 Å². The van der Waals surface area contributed by atoms with Gasteiger partial charge in [0.25, 0.3) is 17.6 Å². The van der Waals surface area contributed by atoms with Crippen molar-refractivity contribution in [1.82, 2.24) is 14.9 Å². The number of fused-ring (bicyclic) bond motifs is 1. The number of carbonyl (C=O) groups is 3. The summed E-state index contributed by atoms with van der Waals surface area (Å²) in [4.78, 5) is 48.4. The molecule has 0 spiro atoms. The van der Waals surface area contributed by atoms with E-state index in [4.69, 9.17) is 4.74 Å². The summed E-state index contributed by atoms with van der Waals surface area (Å²) < 4.78 is 6.04. The Kier molecular flexibility index (Phi) is 9.04. The zero-order valence-corrected chi connectivity index (χ0v) is 21.2. The number of aromatic nitrogens is 2. The van der Waals surface area contributed by atoms with Crippen LogP contribution in [0, 0.1) is 0 Å². The fourth-order valence-corrected chi connectivity index (χ4v) is 4.77. The van der Waals surface area contributed by atoms with Gasteiger partial charge in [0.2, 0.25) is 0 Å². The van der Waals surface area contributed by atoms with E-state index in [0.717, 1.165) is 24.8 Å². The van der Waals surface area contributed by atoms with Crippen LogP contribution in [0.3, 0.4) is 0 Å². The molecule has 1 N–H and O–H groups in total. The van der Waals surface area contributed by atoms with Crippen LogP contribution in [0.1, 0.15) is 40.1 Å². The molecule has 0 bridgehead atoms. The molecule has 35 heavy (non-hydrogen) atoms. The van der Waals surface area contributed by atoms with Gasteiger partial charge in [0.05, 0.1) is 22.9 Å². The molecule has 3 rings (SSSR count). The Morgan fingerprint density at radius 2 is 2.03 bits per heavy atom. The number of ether oxygens (including phenoxy) is 1. The van der Waals surface area contributed by atoms with Crippen LogP contribution in [0.2, 0.25) is 0 Å². The number of nitrogens with one attached hydrogen (secondary N) is 1. The molecular weight excluding hydrogens is 484 g/mol. The summed E-state index contributed by atoms with van der Waals surface area (Å²) in [6.07, 6.45) is 9.49. The monoisotopic (exact) mass is 510 g/mol. The molecule has 3 aromatic rings. The van der Waals surface area contributed by atoms with Crippen molar-refractivity contribution in [2.75, 3.05) is 26.0 Å². The third-order valence-electron chi connectivity index (χ3n) is 5.19. The number of unbranched alkanes of at least 4 members (excludes halogenated alkanes) is 1. The lowest BCUT2D eigenvalue weighted by molar-refractivity contribution is -0.112. The SMILES string of the molecule is C=C/C=C(\C=C)CCCCN(C)C(=O)c1nc2c(C(=O)C(=O)Nc3nccs3)csc2cc1OC. The van der Waals surface area contributed by atoms with E-state index in [-0.39, 0.29) is 22.7 Å². The normalized spacial score (nSPS) is 11.2. The molecule has 182 valence electrons. The average Bonchev–Trinajstić information content (AvgIpc) is 3.53. The van der Waals surface area contributed by atoms with Gasteiger partial charge in [0, 0.05) is 36.6 Å². The van der Waals surface area contributed by atoms with Crippen molar-refractivity contribution in [2.45, 2.75) is 19.3 Å². The highest BCUT2D eigenvalue weighted by atomic mass is 32.1. The third kappa shape index (κ3) is 6.28. The van der Waals surface area contributed by atoms with Gasteiger partial charge in [-0.2, -0.15) is 0 Å². The molecule has 2 amide bonds. The first kappa shape index (κ1) is 26.0. The quantitative estimate of drug-likeness (QED) is 0.157. The van der Waals surface area contributed by atoms with Gasteiger partial charge < -0.3 is 9.64 Å². The molecule has 0 saturated carbocycles. The van der Waals surface area contributed by atoms with Gasteiger partial charge in [0.1, 0.15) is 0 Å². The van der Waals surface area contributed by atoms with Crippen LogP contribution in [0.5, 0.6) is 5.75 Å². The number of Topliss-reactive ketones (excluding diaryl/α,β-unsaturated/α-hetero) is 1. The van der Waals surface area contributed by atoms with Crippen LogP contribution in [-0.2, 0) is 4.79 Å². The number of thiophene rings is 1. The molecule has 0 aliphatic heterocycles. The Balaban J connectivity index is 1.77. The fourth-order valence-electron chi connectivity index (χ4n) is 3.34. The molecule has 0 saturated heterocycles. The van der Waals surface area contributed by atoms with Crippen LogP contribution in [0.25, 0.3) is 10.2 Å². The molecular formula is C25H26N4O4S2. The van der Waals surface area contributed by atoms with E-state index < -0.39 is 11.7 Å². The van der Waals surface area contributed by atoms with Crippen molar-refractivity contribution in [1.29, 1.82) is 0 Å². The van der Waals surface area contributed by atoms with E-state index in [1.165, 1.54) is 36.0 Å². The Morgan fingerprint density at radius 1 is 1.23 bits per heavy atom. The Bertz CT molecular complexity index is 1280. The van der Waals surface area contributed by atoms with Crippen LogP contribution in [0.15, 0.2) is 60.0 Å². The zero-order valence-electron chi connectivity index (χ0n) is 19.6. The van der Waals surface area contributed by atoms with Gasteiger partial charge in [0.15, 0.2) is 16.6 Å². The lowest BCUT2D eigenvalue weighted by atomic mass is 10.1. The van der Waals surface area contributed by atoms with Crippen molar-refractivity contribution in [2.24, 2.45) is 0 Å². The van der Waals surface area contributed by atoms with E-state index in [1.54, 1.807) is 40.9 Å². The number of hydrogen-bond donors (Lipinski definition) is 1. The highest BCUT2D eigenvalue weighted by Crippen LogP contribution is 2.31. The second-order valence-electron chi connectivity index (χ2n) is 7.52. The molecule has 3 aromatic heterocycles. The lowest BCUT2D eigenvalue weighted by Gasteiger charge is -2.18. The number of rotatable bonds is 12. The molecule has 0 aromatic carbocycles. The molecule has 0 radical (unpaired) electrons. The fraction of sp³-hybridized carbons (Fsp3) is 0.240. The number of nitrogens with zero attached hydrogens (tertiary/aromatic N) is 3. The number of ketones is 1. The predicted octanol–water partition coefficient (Wildman–Crippen LogP) is 5.12. The average molecular weight is 511 g/mol. The summed E-state index contributed by atoms with van der Waals surface area (Å²) in [5, 5.41) is 6.07. The molecule has 10 heteroatoms. The number of methoxy groups -OCH3 is 1. The van der Waals surface area contributed by atoms with Gasteiger partial charge in [-0.25, -0.2) is 9.97 Å². The Labute approximate surface area is 211 Å². The number of carbonyl (C=O) groups excluding carboxylic acids is 3. The first-order valence-corrected chi connectivity index (χ1v) is 12.6. The third-order valence-corrected chi connectivity index (χ3v) is 6.79. The number of anilines is 1. The number of amides is 2. The smallest absolute Gasteiger partial charge is 0.298 e. The highest BCUT2D eigenvalue weighted by Gasteiger charge is 2.25. The van der Waals surface area contributed by atoms with Crippen molar-refractivity contribution in [3.05, 3.63) is 71.2 Å². The Morgan fingerprint density at radius 3 is 2.69 bits per heavy atom. The number of thiazole rings is 1. The van der Waals surface area contributed by atoms with Crippen LogP contribution >= 0.6 is 22.7 Å². The largest absolute Gasteiger partial charge is 0.494 e. The lowest BCUT2D eigenvalue weighted by Crippen LogP contribution is -2.29. The molecule has 0 atom stereocenters. The number of hydrogen-bond acceptors (Lipinski definition) is 8. The van der Waals surface area contributed by atoms with Gasteiger partial charge in [-0.3, -0.25) is 19.7 Å². The first-order chi connectivity index (χ1) is 16.9. The molecule has 0 fully saturated rings. The maximum absolute atomic E-state index is 13.2. The van der Waals surface area contributed by atoms with Crippen LogP contribution in [-0.4, -0.2) is 53.2 Å². The summed E-state index contributed by atoms with van der Waals surface area (Å²) in [7, 11) is 3.16. The summed E-state index contributed by atoms with van der Waals surface area (Å²) in [5.41, 5.74) is 1.60. The van der Waals surface area contributed by atoms with E-state index in [9.17, 15) is 14.4 Å². The summed E-state index contributed by atoms with van der Waals surface area (Å²) in [6.45, 7) is 8.01. The maximum atomic E-state index is 13.2. The van der Waals surface area contributed by atoms with Gasteiger partial charge in [-0.15, -0.1) is 22.7 Å². The van der Waals surface area contributed by atoms with Crippen molar-refractivity contribution in [3.8, 4) is 5.75 Å². The topological polar surface area (TPSA) is 101 Å². The minimum atomic E-state index is -0.813. The van der Waals surface area contributed by atoms with E-state index in [0.29, 0.717) is 22.1 Å². The molecule has 3 heterocycles. The second-order valence-corrected chi connectivity index (χ2v) is 9.33. The zero-order chi connectivity index (χ0) is 25.4. The van der Waals surface area contributed by atoms with E-state index in [2.05, 4.69) is 28.4 Å². The standard InChI is InChI=1S/C25H26N4O4S2/c1-5-9-16(6-2)10-7-8-12-29(3)24(32)21-18(33-4)14-19-20(27-21)17(15-35-19)22(30)23(31)28-25-26-11-13-34-25/h5-6,9,11,13-15H,1-2,7-8,10,12H2,3-4H3,(H,26,28,31)/b16-9+. The predicted molar refractivity (Wildman–Crippen MR) is 141 cm³/mol. The molecule has 8 nitrogen and oxygen atoms in total. The van der Waals surface area contributed by atoms with Crippen molar-refractivity contribution in [3.63, 3.8) is 0 Å². The number of pyridine rings is 1. The minimum Gasteiger partial charge on any atom is -0.494 e. The van der Waals surface area contributed by atoms with Gasteiger partial charge in [-0.05, 0) is 24.8 Å². The maximum Gasteiger partial charge on any atom is 0.298 e. The number of allylic oxidation sites excluding steroid dienone is 4. The molecule has 0 unspecified atom stereocenters. The van der Waals surface area contributed by atoms with E-state index >= 15 is 0 Å². The minimum absolute atomic E-state index is 0.0913. The molecule has 0 aliphatic rings. The summed E-state index contributed by atoms with van der Waals surface area (Å²) >= 11 is 2.46. The van der Waals surface area contributed by atoms with Gasteiger partial charge >= 0.3 is 0 Å². The first-order valence-electron chi connectivity index (χ1n) is 10.8.